The molecule has 0 spiro atoms. The first-order valence-electron chi connectivity index (χ1n) is 5.81. The van der Waals surface area contributed by atoms with Gasteiger partial charge in [-0.3, -0.25) is 4.99 Å². The van der Waals surface area contributed by atoms with Gasteiger partial charge in [-0.25, -0.2) is 0 Å². The number of aliphatic imine (C=N–C) groups is 1. The number of phenols is 2. The van der Waals surface area contributed by atoms with Crippen molar-refractivity contribution in [2.45, 2.75) is 6.92 Å². The molecule has 0 fully saturated rings. The first kappa shape index (κ1) is 13.0. The summed E-state index contributed by atoms with van der Waals surface area (Å²) in [6.45, 7) is 1.83. The van der Waals surface area contributed by atoms with Gasteiger partial charge in [-0.15, -0.1) is 0 Å². The molecule has 2 aromatic carbocycles. The van der Waals surface area contributed by atoms with Crippen LogP contribution in [0.5, 0.6) is 17.2 Å². The Morgan fingerprint density at radius 1 is 1.05 bits per heavy atom. The maximum absolute atomic E-state index is 9.59. The van der Waals surface area contributed by atoms with Gasteiger partial charge in [0.1, 0.15) is 5.75 Å². The Morgan fingerprint density at radius 3 is 2.53 bits per heavy atom. The predicted molar refractivity (Wildman–Crippen MR) is 74.8 cm³/mol. The lowest BCUT2D eigenvalue weighted by molar-refractivity contribution is 0.373. The highest BCUT2D eigenvalue weighted by Gasteiger charge is 2.01. The zero-order chi connectivity index (χ0) is 13.8. The molecule has 2 aromatic rings. The summed E-state index contributed by atoms with van der Waals surface area (Å²) < 4.78 is 5.02. The minimum Gasteiger partial charge on any atom is -0.508 e. The van der Waals surface area contributed by atoms with Gasteiger partial charge < -0.3 is 14.9 Å². The van der Waals surface area contributed by atoms with E-state index in [0.717, 1.165) is 11.1 Å². The zero-order valence-corrected chi connectivity index (χ0v) is 10.8. The van der Waals surface area contributed by atoms with E-state index in [0.29, 0.717) is 11.4 Å². The molecular weight excluding hydrogens is 242 g/mol. The molecule has 4 nitrogen and oxygen atoms in total. The molecule has 0 aliphatic carbocycles. The summed E-state index contributed by atoms with van der Waals surface area (Å²) in [5, 5.41) is 19.1. The molecule has 19 heavy (non-hydrogen) atoms. The lowest BCUT2D eigenvalue weighted by Gasteiger charge is -2.03. The smallest absolute Gasteiger partial charge is 0.161 e. The number of methoxy groups -OCH3 is 1. The molecular formula is C15H15NO3. The molecule has 2 N–H and O–H groups in total. The Balaban J connectivity index is 2.24. The van der Waals surface area contributed by atoms with Crippen molar-refractivity contribution in [1.29, 1.82) is 0 Å². The number of aromatic hydroxyl groups is 2. The first-order valence-corrected chi connectivity index (χ1v) is 5.81. The number of benzene rings is 2. The van der Waals surface area contributed by atoms with E-state index in [-0.39, 0.29) is 11.5 Å². The molecule has 0 aliphatic rings. The number of phenolic OH excluding ortho intramolecular Hbond substituents is 2. The van der Waals surface area contributed by atoms with Gasteiger partial charge in [0.2, 0.25) is 0 Å². The highest BCUT2D eigenvalue weighted by Crippen LogP contribution is 2.26. The lowest BCUT2D eigenvalue weighted by atomic mass is 10.2. The van der Waals surface area contributed by atoms with Crippen LogP contribution in [0.1, 0.15) is 11.1 Å². The third kappa shape index (κ3) is 3.04. The number of hydrogen-bond acceptors (Lipinski definition) is 4. The first-order chi connectivity index (χ1) is 9.10. The van der Waals surface area contributed by atoms with Crippen LogP contribution in [-0.4, -0.2) is 23.5 Å². The maximum atomic E-state index is 9.59. The van der Waals surface area contributed by atoms with E-state index in [9.17, 15) is 10.2 Å². The second kappa shape index (κ2) is 5.44. The highest BCUT2D eigenvalue weighted by atomic mass is 16.5. The van der Waals surface area contributed by atoms with Crippen LogP contribution in [-0.2, 0) is 0 Å². The molecule has 0 aliphatic heterocycles. The van der Waals surface area contributed by atoms with Crippen molar-refractivity contribution in [2.24, 2.45) is 4.99 Å². The van der Waals surface area contributed by atoms with Crippen LogP contribution in [0, 0.1) is 6.92 Å². The number of hydrogen-bond donors (Lipinski definition) is 2. The van der Waals surface area contributed by atoms with Crippen molar-refractivity contribution in [3.05, 3.63) is 47.5 Å². The van der Waals surface area contributed by atoms with Gasteiger partial charge in [0.15, 0.2) is 11.5 Å². The summed E-state index contributed by atoms with van der Waals surface area (Å²) in [4.78, 5) is 4.26. The molecule has 0 atom stereocenters. The van der Waals surface area contributed by atoms with Crippen LogP contribution in [0.15, 0.2) is 41.4 Å². The molecule has 0 saturated carbocycles. The summed E-state index contributed by atoms with van der Waals surface area (Å²) in [6.07, 6.45) is 1.64. The van der Waals surface area contributed by atoms with Gasteiger partial charge in [-0.05, 0) is 42.3 Å². The standard InChI is InChI=1S/C15H15NO3/c1-10-3-5-12(8-14(10)18)16-9-11-4-6-13(17)15(7-11)19-2/h3-9,17-18H,1-2H3. The minimum absolute atomic E-state index is 0.0904. The zero-order valence-electron chi connectivity index (χ0n) is 10.8. The van der Waals surface area contributed by atoms with E-state index < -0.39 is 0 Å². The van der Waals surface area contributed by atoms with E-state index in [1.807, 2.05) is 13.0 Å². The van der Waals surface area contributed by atoms with Crippen molar-refractivity contribution in [3.8, 4) is 17.2 Å². The molecule has 0 saturated heterocycles. The van der Waals surface area contributed by atoms with Gasteiger partial charge in [-0.2, -0.15) is 0 Å². The van der Waals surface area contributed by atoms with Gasteiger partial charge in [0.05, 0.1) is 12.8 Å². The fraction of sp³-hybridized carbons (Fsp3) is 0.133. The Hall–Kier alpha value is -2.49. The summed E-state index contributed by atoms with van der Waals surface area (Å²) in [5.74, 6) is 0.710. The SMILES string of the molecule is COc1cc(C=Nc2ccc(C)c(O)c2)ccc1O. The lowest BCUT2D eigenvalue weighted by Crippen LogP contribution is -1.86. The van der Waals surface area contributed by atoms with Crippen LogP contribution < -0.4 is 4.74 Å². The number of rotatable bonds is 3. The Morgan fingerprint density at radius 2 is 1.84 bits per heavy atom. The third-order valence-corrected chi connectivity index (χ3v) is 2.76. The van der Waals surface area contributed by atoms with Crippen LogP contribution in [0.25, 0.3) is 0 Å². The van der Waals surface area contributed by atoms with Crippen molar-refractivity contribution >= 4 is 11.9 Å². The number of nitrogens with zero attached hydrogens (tertiary/aromatic N) is 1. The predicted octanol–water partition coefficient (Wildman–Crippen LogP) is 3.17. The van der Waals surface area contributed by atoms with E-state index in [4.69, 9.17) is 4.74 Å². The highest BCUT2D eigenvalue weighted by molar-refractivity contribution is 5.83. The fourth-order valence-corrected chi connectivity index (χ4v) is 1.60. The monoisotopic (exact) mass is 257 g/mol. The van der Waals surface area contributed by atoms with Crippen molar-refractivity contribution in [3.63, 3.8) is 0 Å². The van der Waals surface area contributed by atoms with Crippen molar-refractivity contribution < 1.29 is 14.9 Å². The van der Waals surface area contributed by atoms with Crippen LogP contribution >= 0.6 is 0 Å². The van der Waals surface area contributed by atoms with Crippen LogP contribution in [0.2, 0.25) is 0 Å². The van der Waals surface area contributed by atoms with E-state index in [2.05, 4.69) is 4.99 Å². The van der Waals surface area contributed by atoms with Crippen molar-refractivity contribution in [2.75, 3.05) is 7.11 Å². The Bertz CT molecular complexity index is 621. The molecule has 0 amide bonds. The van der Waals surface area contributed by atoms with Gasteiger partial charge in [0, 0.05) is 12.3 Å². The molecule has 0 radical (unpaired) electrons. The summed E-state index contributed by atoms with van der Waals surface area (Å²) >= 11 is 0. The topological polar surface area (TPSA) is 62.0 Å². The van der Waals surface area contributed by atoms with Gasteiger partial charge in [0.25, 0.3) is 0 Å². The fourth-order valence-electron chi connectivity index (χ4n) is 1.60. The number of ether oxygens (including phenoxy) is 1. The van der Waals surface area contributed by atoms with Crippen LogP contribution in [0.4, 0.5) is 5.69 Å². The average Bonchev–Trinajstić information content (AvgIpc) is 2.41. The minimum atomic E-state index is 0.0904. The molecule has 2 rings (SSSR count). The quantitative estimate of drug-likeness (QED) is 0.830. The molecule has 0 unspecified atom stereocenters. The van der Waals surface area contributed by atoms with E-state index in [1.54, 1.807) is 36.5 Å². The van der Waals surface area contributed by atoms with Gasteiger partial charge >= 0.3 is 0 Å². The van der Waals surface area contributed by atoms with Gasteiger partial charge in [-0.1, -0.05) is 6.07 Å². The molecule has 0 bridgehead atoms. The van der Waals surface area contributed by atoms with E-state index >= 15 is 0 Å². The molecule has 4 heteroatoms. The maximum Gasteiger partial charge on any atom is 0.161 e. The van der Waals surface area contributed by atoms with E-state index in [1.165, 1.54) is 7.11 Å². The summed E-state index contributed by atoms with van der Waals surface area (Å²) in [6, 6.07) is 10.2. The molecule has 0 aromatic heterocycles. The van der Waals surface area contributed by atoms with Crippen LogP contribution in [0.3, 0.4) is 0 Å². The molecule has 98 valence electrons. The second-order valence-corrected chi connectivity index (χ2v) is 4.16. The normalized spacial score (nSPS) is 10.8. The Kier molecular flexibility index (Phi) is 3.71. The van der Waals surface area contributed by atoms with Crippen molar-refractivity contribution in [1.82, 2.24) is 0 Å². The molecule has 0 heterocycles. The summed E-state index contributed by atoms with van der Waals surface area (Å²) in [7, 11) is 1.49. The average molecular weight is 257 g/mol. The number of aryl methyl sites for hydroxylation is 1. The third-order valence-electron chi connectivity index (χ3n) is 2.76. The largest absolute Gasteiger partial charge is 0.508 e. The summed E-state index contributed by atoms with van der Waals surface area (Å²) in [5.41, 5.74) is 2.27. The Labute approximate surface area is 111 Å². The second-order valence-electron chi connectivity index (χ2n) is 4.16.